The lowest BCUT2D eigenvalue weighted by Gasteiger charge is -2.03. The molecule has 1 N–H and O–H groups in total. The van der Waals surface area contributed by atoms with Crippen molar-refractivity contribution in [3.05, 3.63) is 46.2 Å². The lowest BCUT2D eigenvalue weighted by Crippen LogP contribution is -1.96. The number of carboxylic acids is 1. The van der Waals surface area contributed by atoms with Crippen LogP contribution in [0.5, 0.6) is 0 Å². The Balaban J connectivity index is 2.63. The highest BCUT2D eigenvalue weighted by Crippen LogP contribution is 2.30. The maximum atomic E-state index is 11.0. The Hall–Kier alpha value is -1.94. The Kier molecular flexibility index (Phi) is 2.83. The van der Waals surface area contributed by atoms with Crippen LogP contribution in [-0.4, -0.2) is 17.4 Å². The molecule has 0 amide bonds. The van der Waals surface area contributed by atoms with Crippen molar-refractivity contribution in [2.75, 3.05) is 0 Å². The number of hydrogen-bond donors (Lipinski definition) is 1. The average Bonchev–Trinajstić information content (AvgIpc) is 2.77. The Morgan fingerprint density at radius 1 is 1.19 bits per heavy atom. The summed E-state index contributed by atoms with van der Waals surface area (Å²) in [6, 6.07) is 8.67. The molecule has 1 aromatic heterocycles. The van der Waals surface area contributed by atoms with Crippen LogP contribution in [-0.2, 0) is 0 Å². The van der Waals surface area contributed by atoms with Gasteiger partial charge in [-0.05, 0) is 17.0 Å². The van der Waals surface area contributed by atoms with E-state index >= 15 is 0 Å². The second-order valence-electron chi connectivity index (χ2n) is 3.17. The van der Waals surface area contributed by atoms with Gasteiger partial charge in [0.05, 0.1) is 0 Å². The number of aldehydes is 1. The van der Waals surface area contributed by atoms with Gasteiger partial charge < -0.3 is 5.11 Å². The molecule has 0 bridgehead atoms. The zero-order valence-electron chi connectivity index (χ0n) is 8.21. The Morgan fingerprint density at radius 3 is 2.62 bits per heavy atom. The minimum atomic E-state index is -0.967. The molecule has 16 heavy (non-hydrogen) atoms. The molecule has 0 aliphatic rings. The van der Waals surface area contributed by atoms with Crippen molar-refractivity contribution in [1.29, 1.82) is 0 Å². The van der Waals surface area contributed by atoms with Gasteiger partial charge in [-0.15, -0.1) is 11.3 Å². The molecule has 2 aromatic rings. The predicted octanol–water partition coefficient (Wildman–Crippen LogP) is 2.93. The molecule has 0 radical (unpaired) electrons. The minimum absolute atomic E-state index is 0.259. The summed E-state index contributed by atoms with van der Waals surface area (Å²) in [5, 5.41) is 10.7. The molecule has 4 heteroatoms. The number of benzene rings is 1. The lowest BCUT2D eigenvalue weighted by molar-refractivity contribution is 0.0702. The summed E-state index contributed by atoms with van der Waals surface area (Å²) in [5.41, 5.74) is 1.76. The van der Waals surface area contributed by atoms with Crippen LogP contribution < -0.4 is 0 Å². The van der Waals surface area contributed by atoms with Crippen molar-refractivity contribution >= 4 is 23.6 Å². The molecule has 0 spiro atoms. The Morgan fingerprint density at radius 2 is 1.94 bits per heavy atom. The van der Waals surface area contributed by atoms with Gasteiger partial charge in [0.25, 0.3) is 0 Å². The van der Waals surface area contributed by atoms with E-state index < -0.39 is 5.97 Å². The van der Waals surface area contributed by atoms with Crippen LogP contribution in [0.2, 0.25) is 0 Å². The van der Waals surface area contributed by atoms with Gasteiger partial charge in [0, 0.05) is 11.1 Å². The van der Waals surface area contributed by atoms with E-state index in [2.05, 4.69) is 0 Å². The van der Waals surface area contributed by atoms with Crippen molar-refractivity contribution in [3.63, 3.8) is 0 Å². The molecule has 0 unspecified atom stereocenters. The molecule has 80 valence electrons. The largest absolute Gasteiger partial charge is 0.477 e. The summed E-state index contributed by atoms with van der Waals surface area (Å²) in [6.07, 6.45) is 0.735. The van der Waals surface area contributed by atoms with E-state index in [1.165, 1.54) is 0 Å². The number of carbonyl (C=O) groups is 2. The molecular formula is C12H8O3S. The summed E-state index contributed by atoms with van der Waals surface area (Å²) < 4.78 is 0. The van der Waals surface area contributed by atoms with Crippen LogP contribution in [0.1, 0.15) is 20.0 Å². The first-order valence-electron chi connectivity index (χ1n) is 4.59. The van der Waals surface area contributed by atoms with Crippen molar-refractivity contribution < 1.29 is 14.7 Å². The van der Waals surface area contributed by atoms with Gasteiger partial charge >= 0.3 is 5.97 Å². The maximum absolute atomic E-state index is 11.0. The maximum Gasteiger partial charge on any atom is 0.346 e. The molecule has 1 aromatic carbocycles. The molecular weight excluding hydrogens is 224 g/mol. The Labute approximate surface area is 96.0 Å². The first-order chi connectivity index (χ1) is 7.74. The third kappa shape index (κ3) is 1.75. The molecule has 3 nitrogen and oxygen atoms in total. The average molecular weight is 232 g/mol. The second kappa shape index (κ2) is 4.28. The van der Waals surface area contributed by atoms with Crippen LogP contribution >= 0.6 is 11.3 Å². The van der Waals surface area contributed by atoms with Crippen LogP contribution in [0.4, 0.5) is 0 Å². The standard InChI is InChI=1S/C12H8O3S/c13-7-8-3-1-2-4-9(8)10-5-6-16-11(10)12(14)15/h1-7H,(H,14,15). The van der Waals surface area contributed by atoms with E-state index in [-0.39, 0.29) is 4.88 Å². The molecule has 1 heterocycles. The van der Waals surface area contributed by atoms with E-state index in [0.29, 0.717) is 16.7 Å². The van der Waals surface area contributed by atoms with E-state index in [0.717, 1.165) is 17.6 Å². The summed E-state index contributed by atoms with van der Waals surface area (Å²) in [6.45, 7) is 0. The van der Waals surface area contributed by atoms with Crippen LogP contribution in [0.25, 0.3) is 11.1 Å². The zero-order valence-corrected chi connectivity index (χ0v) is 9.03. The van der Waals surface area contributed by atoms with Crippen molar-refractivity contribution in [2.24, 2.45) is 0 Å². The quantitative estimate of drug-likeness (QED) is 0.828. The summed E-state index contributed by atoms with van der Waals surface area (Å²) in [5.74, 6) is -0.967. The van der Waals surface area contributed by atoms with Crippen LogP contribution in [0.3, 0.4) is 0 Å². The highest BCUT2D eigenvalue weighted by molar-refractivity contribution is 7.12. The fourth-order valence-corrected chi connectivity index (χ4v) is 2.28. The van der Waals surface area contributed by atoms with Gasteiger partial charge in [0.15, 0.2) is 6.29 Å². The summed E-state index contributed by atoms with van der Waals surface area (Å²) in [7, 11) is 0. The number of rotatable bonds is 3. The molecule has 0 saturated carbocycles. The van der Waals surface area contributed by atoms with Crippen LogP contribution in [0.15, 0.2) is 35.7 Å². The number of carboxylic acid groups (broad SMARTS) is 1. The molecule has 0 aliphatic carbocycles. The number of hydrogen-bond acceptors (Lipinski definition) is 3. The molecule has 0 aliphatic heterocycles. The molecule has 0 fully saturated rings. The molecule has 0 atom stereocenters. The lowest BCUT2D eigenvalue weighted by atomic mass is 10.0. The van der Waals surface area contributed by atoms with Gasteiger partial charge in [-0.2, -0.15) is 0 Å². The highest BCUT2D eigenvalue weighted by atomic mass is 32.1. The number of carbonyl (C=O) groups excluding carboxylic acids is 1. The van der Waals surface area contributed by atoms with E-state index in [1.807, 2.05) is 0 Å². The highest BCUT2D eigenvalue weighted by Gasteiger charge is 2.15. The fraction of sp³-hybridized carbons (Fsp3) is 0. The third-order valence-corrected chi connectivity index (χ3v) is 3.14. The minimum Gasteiger partial charge on any atom is -0.477 e. The normalized spacial score (nSPS) is 10.0. The van der Waals surface area contributed by atoms with Crippen molar-refractivity contribution in [3.8, 4) is 11.1 Å². The zero-order chi connectivity index (χ0) is 11.5. The third-order valence-electron chi connectivity index (χ3n) is 2.24. The SMILES string of the molecule is O=Cc1ccccc1-c1ccsc1C(=O)O. The van der Waals surface area contributed by atoms with E-state index in [1.54, 1.807) is 35.7 Å². The summed E-state index contributed by atoms with van der Waals surface area (Å²) in [4.78, 5) is 22.1. The van der Waals surface area contributed by atoms with Crippen LogP contribution in [0, 0.1) is 0 Å². The van der Waals surface area contributed by atoms with Gasteiger partial charge in [-0.1, -0.05) is 24.3 Å². The van der Waals surface area contributed by atoms with E-state index in [9.17, 15) is 9.59 Å². The second-order valence-corrected chi connectivity index (χ2v) is 4.09. The van der Waals surface area contributed by atoms with E-state index in [4.69, 9.17) is 5.11 Å². The molecule has 2 rings (SSSR count). The first-order valence-corrected chi connectivity index (χ1v) is 5.47. The van der Waals surface area contributed by atoms with Crippen molar-refractivity contribution in [2.45, 2.75) is 0 Å². The number of thiophene rings is 1. The topological polar surface area (TPSA) is 54.4 Å². The smallest absolute Gasteiger partial charge is 0.346 e. The van der Waals surface area contributed by atoms with Gasteiger partial charge in [-0.3, -0.25) is 4.79 Å². The predicted molar refractivity (Wildman–Crippen MR) is 62.1 cm³/mol. The number of aromatic carboxylic acids is 1. The molecule has 0 saturated heterocycles. The fourth-order valence-electron chi connectivity index (χ4n) is 1.53. The van der Waals surface area contributed by atoms with Gasteiger partial charge in [0.1, 0.15) is 4.88 Å². The monoisotopic (exact) mass is 232 g/mol. The Bertz CT molecular complexity index is 543. The summed E-state index contributed by atoms with van der Waals surface area (Å²) >= 11 is 1.16. The van der Waals surface area contributed by atoms with Gasteiger partial charge in [-0.25, -0.2) is 4.79 Å². The van der Waals surface area contributed by atoms with Crippen molar-refractivity contribution in [1.82, 2.24) is 0 Å². The first kappa shape index (κ1) is 10.6. The van der Waals surface area contributed by atoms with Gasteiger partial charge in [0.2, 0.25) is 0 Å².